The molecule has 0 radical (unpaired) electrons. The van der Waals surface area contributed by atoms with Crippen LogP contribution in [0.3, 0.4) is 0 Å². The molecule has 0 aliphatic heterocycles. The van der Waals surface area contributed by atoms with Gasteiger partial charge in [-0.05, 0) is 25.3 Å². The van der Waals surface area contributed by atoms with Crippen LogP contribution in [0.2, 0.25) is 0 Å². The van der Waals surface area contributed by atoms with E-state index in [2.05, 4.69) is 15.5 Å². The van der Waals surface area contributed by atoms with E-state index in [9.17, 15) is 4.79 Å². The zero-order valence-corrected chi connectivity index (χ0v) is 9.36. The third kappa shape index (κ3) is 1.59. The van der Waals surface area contributed by atoms with Crippen LogP contribution in [0.5, 0.6) is 0 Å². The molecular weight excluding hydrogens is 216 g/mol. The Morgan fingerprint density at radius 3 is 3.00 bits per heavy atom. The zero-order chi connectivity index (χ0) is 11.9. The summed E-state index contributed by atoms with van der Waals surface area (Å²) < 4.78 is 0. The molecule has 4 N–H and O–H groups in total. The molecule has 1 fully saturated rings. The summed E-state index contributed by atoms with van der Waals surface area (Å²) in [5.41, 5.74) is 6.87. The highest BCUT2D eigenvalue weighted by Crippen LogP contribution is 2.31. The van der Waals surface area contributed by atoms with Crippen LogP contribution in [0.25, 0.3) is 10.9 Å². The van der Waals surface area contributed by atoms with Crippen molar-refractivity contribution in [2.45, 2.75) is 24.8 Å². The normalized spacial score (nSPS) is 17.7. The Labute approximate surface area is 98.4 Å². The topological polar surface area (TPSA) is 83.8 Å². The van der Waals surface area contributed by atoms with Gasteiger partial charge in [-0.25, -0.2) is 0 Å². The van der Waals surface area contributed by atoms with Crippen molar-refractivity contribution < 1.29 is 4.79 Å². The number of nitrogens with zero attached hydrogens (tertiary/aromatic N) is 1. The van der Waals surface area contributed by atoms with E-state index in [0.29, 0.717) is 0 Å². The van der Waals surface area contributed by atoms with Crippen LogP contribution in [0.15, 0.2) is 24.4 Å². The molecule has 1 saturated carbocycles. The number of carbonyl (C=O) groups is 1. The fourth-order valence-electron chi connectivity index (χ4n) is 2.10. The molecule has 1 aliphatic carbocycles. The van der Waals surface area contributed by atoms with E-state index in [-0.39, 0.29) is 5.91 Å². The Balaban J connectivity index is 1.90. The molecule has 1 aromatic carbocycles. The largest absolute Gasteiger partial charge is 0.323 e. The minimum absolute atomic E-state index is 0.106. The average Bonchev–Trinajstić information content (AvgIpc) is 2.75. The minimum Gasteiger partial charge on any atom is -0.323 e. The van der Waals surface area contributed by atoms with Crippen molar-refractivity contribution in [3.63, 3.8) is 0 Å². The highest BCUT2D eigenvalue weighted by Gasteiger charge is 2.40. The first-order chi connectivity index (χ1) is 8.19. The van der Waals surface area contributed by atoms with E-state index in [0.717, 1.165) is 35.9 Å². The predicted molar refractivity (Wildman–Crippen MR) is 65.5 cm³/mol. The van der Waals surface area contributed by atoms with Crippen LogP contribution in [-0.4, -0.2) is 21.6 Å². The number of aromatic amines is 1. The number of hydrogen-bond acceptors (Lipinski definition) is 3. The Morgan fingerprint density at radius 2 is 2.29 bits per heavy atom. The molecule has 1 amide bonds. The number of hydrogen-bond donors (Lipinski definition) is 3. The molecule has 0 saturated heterocycles. The summed E-state index contributed by atoms with van der Waals surface area (Å²) in [7, 11) is 0. The summed E-state index contributed by atoms with van der Waals surface area (Å²) in [5, 5.41) is 10.7. The number of carbonyl (C=O) groups excluding carboxylic acids is 1. The second-order valence-corrected chi connectivity index (χ2v) is 4.60. The number of nitrogens with two attached hydrogens (primary N) is 1. The highest BCUT2D eigenvalue weighted by molar-refractivity contribution is 6.04. The lowest BCUT2D eigenvalue weighted by Crippen LogP contribution is -2.56. The first-order valence-corrected chi connectivity index (χ1v) is 5.71. The molecule has 3 rings (SSSR count). The number of amides is 1. The number of nitrogens with one attached hydrogen (secondary N) is 2. The van der Waals surface area contributed by atoms with Crippen molar-refractivity contribution in [3.05, 3.63) is 24.4 Å². The van der Waals surface area contributed by atoms with Crippen LogP contribution in [0, 0.1) is 0 Å². The van der Waals surface area contributed by atoms with Crippen LogP contribution in [-0.2, 0) is 4.79 Å². The third-order valence-corrected chi connectivity index (χ3v) is 3.42. The standard InChI is InChI=1S/C12H14N4O/c13-12(5-2-6-12)11(17)15-9-4-1-3-8-7-14-16-10(8)9/h1,3-4,7H,2,5-6,13H2,(H,14,16)(H,15,17). The van der Waals surface area contributed by atoms with Crippen molar-refractivity contribution in [1.29, 1.82) is 0 Å². The maximum atomic E-state index is 12.0. The number of rotatable bonds is 2. The molecule has 1 heterocycles. The quantitative estimate of drug-likeness (QED) is 0.728. The lowest BCUT2D eigenvalue weighted by atomic mass is 9.77. The second-order valence-electron chi connectivity index (χ2n) is 4.60. The van der Waals surface area contributed by atoms with E-state index in [1.807, 2.05) is 18.2 Å². The molecule has 1 aliphatic rings. The molecule has 5 nitrogen and oxygen atoms in total. The van der Waals surface area contributed by atoms with E-state index >= 15 is 0 Å². The predicted octanol–water partition coefficient (Wildman–Crippen LogP) is 1.38. The van der Waals surface area contributed by atoms with E-state index in [1.54, 1.807) is 6.20 Å². The summed E-state index contributed by atoms with van der Waals surface area (Å²) in [5.74, 6) is -0.106. The van der Waals surface area contributed by atoms with Crippen molar-refractivity contribution in [2.75, 3.05) is 5.32 Å². The van der Waals surface area contributed by atoms with Gasteiger partial charge in [0.15, 0.2) is 0 Å². The molecular formula is C12H14N4O. The van der Waals surface area contributed by atoms with Gasteiger partial charge in [0.25, 0.3) is 0 Å². The fraction of sp³-hybridized carbons (Fsp3) is 0.333. The highest BCUT2D eigenvalue weighted by atomic mass is 16.2. The van der Waals surface area contributed by atoms with Gasteiger partial charge in [-0.1, -0.05) is 12.1 Å². The first kappa shape index (κ1) is 10.3. The molecule has 0 bridgehead atoms. The monoisotopic (exact) mass is 230 g/mol. The van der Waals surface area contributed by atoms with Gasteiger partial charge in [-0.2, -0.15) is 5.10 Å². The van der Waals surface area contributed by atoms with Gasteiger partial charge in [-0.3, -0.25) is 9.89 Å². The molecule has 0 spiro atoms. The van der Waals surface area contributed by atoms with E-state index < -0.39 is 5.54 Å². The Hall–Kier alpha value is -1.88. The smallest absolute Gasteiger partial charge is 0.244 e. The van der Waals surface area contributed by atoms with Gasteiger partial charge in [0.2, 0.25) is 5.91 Å². The van der Waals surface area contributed by atoms with Crippen LogP contribution in [0.1, 0.15) is 19.3 Å². The van der Waals surface area contributed by atoms with Crippen molar-refractivity contribution in [2.24, 2.45) is 5.73 Å². The van der Waals surface area contributed by atoms with Gasteiger partial charge >= 0.3 is 0 Å². The lowest BCUT2D eigenvalue weighted by Gasteiger charge is -2.36. The molecule has 17 heavy (non-hydrogen) atoms. The van der Waals surface area contributed by atoms with Gasteiger partial charge in [0.1, 0.15) is 0 Å². The minimum atomic E-state index is -0.678. The van der Waals surface area contributed by atoms with Crippen molar-refractivity contribution in [3.8, 4) is 0 Å². The summed E-state index contributed by atoms with van der Waals surface area (Å²) >= 11 is 0. The summed E-state index contributed by atoms with van der Waals surface area (Å²) in [6.07, 6.45) is 4.28. The van der Waals surface area contributed by atoms with Gasteiger partial charge < -0.3 is 11.1 Å². The Morgan fingerprint density at radius 1 is 1.47 bits per heavy atom. The van der Waals surface area contributed by atoms with Gasteiger partial charge in [-0.15, -0.1) is 0 Å². The molecule has 5 heteroatoms. The SMILES string of the molecule is NC1(C(=O)Nc2cccc3cn[nH]c23)CCC1. The molecule has 1 aromatic heterocycles. The fourth-order valence-corrected chi connectivity index (χ4v) is 2.10. The maximum Gasteiger partial charge on any atom is 0.244 e. The van der Waals surface area contributed by atoms with Crippen LogP contribution >= 0.6 is 0 Å². The lowest BCUT2D eigenvalue weighted by molar-refractivity contribution is -0.123. The number of aromatic nitrogens is 2. The molecule has 88 valence electrons. The average molecular weight is 230 g/mol. The first-order valence-electron chi connectivity index (χ1n) is 5.71. The van der Waals surface area contributed by atoms with E-state index in [4.69, 9.17) is 5.73 Å². The number of anilines is 1. The van der Waals surface area contributed by atoms with Gasteiger partial charge in [0.05, 0.1) is 22.9 Å². The maximum absolute atomic E-state index is 12.0. The zero-order valence-electron chi connectivity index (χ0n) is 9.36. The van der Waals surface area contributed by atoms with Crippen LogP contribution in [0.4, 0.5) is 5.69 Å². The van der Waals surface area contributed by atoms with Crippen LogP contribution < -0.4 is 11.1 Å². The third-order valence-electron chi connectivity index (χ3n) is 3.42. The number of benzene rings is 1. The van der Waals surface area contributed by atoms with Crippen molar-refractivity contribution >= 4 is 22.5 Å². The Bertz CT molecular complexity index is 571. The van der Waals surface area contributed by atoms with E-state index in [1.165, 1.54) is 0 Å². The summed E-state index contributed by atoms with van der Waals surface area (Å²) in [6, 6.07) is 5.67. The van der Waals surface area contributed by atoms with Gasteiger partial charge in [0, 0.05) is 5.39 Å². The number of H-pyrrole nitrogens is 1. The number of para-hydroxylation sites is 1. The number of fused-ring (bicyclic) bond motifs is 1. The molecule has 0 atom stereocenters. The Kier molecular flexibility index (Phi) is 2.16. The summed E-state index contributed by atoms with van der Waals surface area (Å²) in [4.78, 5) is 12.0. The molecule has 0 unspecified atom stereocenters. The molecule has 2 aromatic rings. The summed E-state index contributed by atoms with van der Waals surface area (Å²) in [6.45, 7) is 0. The second kappa shape index (κ2) is 3.56. The van der Waals surface area contributed by atoms with Crippen molar-refractivity contribution in [1.82, 2.24) is 10.2 Å².